The fourth-order valence-corrected chi connectivity index (χ4v) is 2.04. The van der Waals surface area contributed by atoms with Crippen LogP contribution in [0, 0.1) is 0 Å². The van der Waals surface area contributed by atoms with Crippen molar-refractivity contribution in [3.63, 3.8) is 0 Å². The van der Waals surface area contributed by atoms with Gasteiger partial charge in [0.15, 0.2) is 0 Å². The molecule has 2 aromatic carbocycles. The van der Waals surface area contributed by atoms with E-state index in [1.807, 2.05) is 24.3 Å². The average Bonchev–Trinajstić information content (AvgIpc) is 2.40. The molecule has 2 heteroatoms. The van der Waals surface area contributed by atoms with Crippen LogP contribution in [0.2, 0.25) is 5.02 Å². The summed E-state index contributed by atoms with van der Waals surface area (Å²) in [6.45, 7) is 4.89. The van der Waals surface area contributed by atoms with Gasteiger partial charge in [-0.25, -0.2) is 0 Å². The van der Waals surface area contributed by atoms with Crippen LogP contribution in [0.25, 0.3) is 11.1 Å². The van der Waals surface area contributed by atoms with E-state index >= 15 is 0 Å². The number of hydrogen-bond donors (Lipinski definition) is 0. The first-order valence-corrected chi connectivity index (χ1v) is 6.99. The van der Waals surface area contributed by atoms with Gasteiger partial charge >= 0.3 is 0 Å². The van der Waals surface area contributed by atoms with Gasteiger partial charge in [0, 0.05) is 5.02 Å². The highest BCUT2D eigenvalue weighted by Crippen LogP contribution is 2.22. The minimum atomic E-state index is 0.299. The molecule has 0 bridgehead atoms. The summed E-state index contributed by atoms with van der Waals surface area (Å²) in [6.07, 6.45) is 1.26. The van der Waals surface area contributed by atoms with E-state index in [9.17, 15) is 0 Å². The summed E-state index contributed by atoms with van der Waals surface area (Å²) in [6, 6.07) is 16.5. The Labute approximate surface area is 120 Å². The van der Waals surface area contributed by atoms with Crippen molar-refractivity contribution >= 4 is 11.6 Å². The average molecular weight is 275 g/mol. The Morgan fingerprint density at radius 3 is 1.95 bits per heavy atom. The van der Waals surface area contributed by atoms with Gasteiger partial charge < -0.3 is 4.74 Å². The van der Waals surface area contributed by atoms with Crippen LogP contribution in [0.3, 0.4) is 0 Å². The first-order chi connectivity index (χ1) is 9.15. The van der Waals surface area contributed by atoms with Gasteiger partial charge in [-0.15, -0.1) is 0 Å². The molecule has 0 N–H and O–H groups in total. The maximum Gasteiger partial charge on any atom is 0.0519 e. The number of hydrogen-bond acceptors (Lipinski definition) is 1. The summed E-state index contributed by atoms with van der Waals surface area (Å²) in [5.74, 6) is 0. The van der Waals surface area contributed by atoms with Gasteiger partial charge in [0.05, 0.1) is 12.7 Å². The van der Waals surface area contributed by atoms with Crippen LogP contribution in [0.5, 0.6) is 0 Å². The highest BCUT2D eigenvalue weighted by molar-refractivity contribution is 6.30. The highest BCUT2D eigenvalue weighted by atomic mass is 35.5. The van der Waals surface area contributed by atoms with Gasteiger partial charge in [-0.3, -0.25) is 0 Å². The lowest BCUT2D eigenvalue weighted by molar-refractivity contribution is 0.0813. The highest BCUT2D eigenvalue weighted by Gasteiger charge is 1.99. The second-order valence-corrected chi connectivity index (χ2v) is 5.31. The van der Waals surface area contributed by atoms with Crippen molar-refractivity contribution in [2.45, 2.75) is 26.4 Å². The number of benzene rings is 2. The Bertz CT molecular complexity index is 500. The molecule has 2 rings (SSSR count). The van der Waals surface area contributed by atoms with Crippen LogP contribution in [-0.4, -0.2) is 12.7 Å². The lowest BCUT2D eigenvalue weighted by Gasteiger charge is -2.08. The van der Waals surface area contributed by atoms with Gasteiger partial charge in [0.2, 0.25) is 0 Å². The zero-order valence-corrected chi connectivity index (χ0v) is 12.2. The van der Waals surface area contributed by atoms with Crippen molar-refractivity contribution < 1.29 is 4.74 Å². The molecular weight excluding hydrogens is 256 g/mol. The molecule has 0 saturated carbocycles. The van der Waals surface area contributed by atoms with Gasteiger partial charge in [-0.2, -0.15) is 0 Å². The van der Waals surface area contributed by atoms with E-state index in [4.69, 9.17) is 16.3 Å². The summed E-state index contributed by atoms with van der Waals surface area (Å²) < 4.78 is 5.56. The minimum absolute atomic E-state index is 0.299. The summed E-state index contributed by atoms with van der Waals surface area (Å²) in [5, 5.41) is 0.770. The fourth-order valence-electron chi connectivity index (χ4n) is 1.92. The van der Waals surface area contributed by atoms with E-state index in [2.05, 4.69) is 38.1 Å². The lowest BCUT2D eigenvalue weighted by atomic mass is 10.0. The number of halogens is 1. The van der Waals surface area contributed by atoms with E-state index < -0.39 is 0 Å². The third kappa shape index (κ3) is 4.38. The topological polar surface area (TPSA) is 9.23 Å². The standard InChI is InChI=1S/C17H19ClO/c1-13(2)19-12-11-14-3-5-15(6-4-14)16-7-9-17(18)10-8-16/h3-10,13H,11-12H2,1-2H3. The molecule has 0 heterocycles. The predicted molar refractivity (Wildman–Crippen MR) is 81.7 cm³/mol. The fraction of sp³-hybridized carbons (Fsp3) is 0.294. The zero-order chi connectivity index (χ0) is 13.7. The first kappa shape index (κ1) is 14.1. The molecule has 0 aliphatic rings. The summed E-state index contributed by atoms with van der Waals surface area (Å²) in [4.78, 5) is 0. The van der Waals surface area contributed by atoms with Gasteiger partial charge in [0.1, 0.15) is 0 Å². The Hall–Kier alpha value is -1.31. The first-order valence-electron chi connectivity index (χ1n) is 6.61. The monoisotopic (exact) mass is 274 g/mol. The van der Waals surface area contributed by atoms with Crippen molar-refractivity contribution in [3.8, 4) is 11.1 Å². The third-order valence-corrected chi connectivity index (χ3v) is 3.23. The van der Waals surface area contributed by atoms with Crippen LogP contribution < -0.4 is 0 Å². The molecule has 0 spiro atoms. The molecule has 2 aromatic rings. The lowest BCUT2D eigenvalue weighted by Crippen LogP contribution is -2.05. The Morgan fingerprint density at radius 2 is 1.42 bits per heavy atom. The van der Waals surface area contributed by atoms with Crippen LogP contribution in [0.1, 0.15) is 19.4 Å². The number of rotatable bonds is 5. The molecule has 0 aliphatic heterocycles. The van der Waals surface area contributed by atoms with E-state index in [1.54, 1.807) is 0 Å². The van der Waals surface area contributed by atoms with Gasteiger partial charge in [0.25, 0.3) is 0 Å². The van der Waals surface area contributed by atoms with Gasteiger partial charge in [-0.1, -0.05) is 48.0 Å². The normalized spacial score (nSPS) is 10.9. The van der Waals surface area contributed by atoms with Crippen molar-refractivity contribution in [1.29, 1.82) is 0 Å². The van der Waals surface area contributed by atoms with E-state index in [0.29, 0.717) is 6.10 Å². The maximum absolute atomic E-state index is 5.89. The maximum atomic E-state index is 5.89. The molecule has 0 amide bonds. The van der Waals surface area contributed by atoms with Crippen molar-refractivity contribution in [1.82, 2.24) is 0 Å². The minimum Gasteiger partial charge on any atom is -0.378 e. The molecule has 0 aromatic heterocycles. The Balaban J connectivity index is 2.00. The predicted octanol–water partition coefficient (Wildman–Crippen LogP) is 4.97. The molecular formula is C17H19ClO. The van der Waals surface area contributed by atoms with E-state index in [-0.39, 0.29) is 0 Å². The third-order valence-electron chi connectivity index (χ3n) is 2.97. The van der Waals surface area contributed by atoms with Crippen molar-refractivity contribution in [2.24, 2.45) is 0 Å². The van der Waals surface area contributed by atoms with Gasteiger partial charge in [-0.05, 0) is 49.1 Å². The van der Waals surface area contributed by atoms with E-state index in [0.717, 1.165) is 18.1 Å². The van der Waals surface area contributed by atoms with Crippen molar-refractivity contribution in [2.75, 3.05) is 6.61 Å². The largest absolute Gasteiger partial charge is 0.378 e. The van der Waals surface area contributed by atoms with Crippen molar-refractivity contribution in [3.05, 3.63) is 59.1 Å². The Kier molecular flexibility index (Phi) is 5.00. The molecule has 1 nitrogen and oxygen atoms in total. The second-order valence-electron chi connectivity index (χ2n) is 4.87. The quantitative estimate of drug-likeness (QED) is 0.748. The molecule has 0 aliphatic carbocycles. The Morgan fingerprint density at radius 1 is 0.895 bits per heavy atom. The molecule has 100 valence electrons. The molecule has 0 fully saturated rings. The van der Waals surface area contributed by atoms with E-state index in [1.165, 1.54) is 16.7 Å². The van der Waals surface area contributed by atoms with Crippen LogP contribution >= 0.6 is 11.6 Å². The van der Waals surface area contributed by atoms with Crippen LogP contribution in [-0.2, 0) is 11.2 Å². The summed E-state index contributed by atoms with van der Waals surface area (Å²) in [5.41, 5.74) is 3.71. The molecule has 0 saturated heterocycles. The van der Waals surface area contributed by atoms with Crippen LogP contribution in [0.15, 0.2) is 48.5 Å². The molecule has 0 radical (unpaired) electrons. The second kappa shape index (κ2) is 6.74. The summed E-state index contributed by atoms with van der Waals surface area (Å²) >= 11 is 5.89. The smallest absolute Gasteiger partial charge is 0.0519 e. The molecule has 19 heavy (non-hydrogen) atoms. The molecule has 0 atom stereocenters. The summed E-state index contributed by atoms with van der Waals surface area (Å²) in [7, 11) is 0. The molecule has 0 unspecified atom stereocenters. The van der Waals surface area contributed by atoms with Crippen LogP contribution in [0.4, 0.5) is 0 Å². The zero-order valence-electron chi connectivity index (χ0n) is 11.4. The SMILES string of the molecule is CC(C)OCCc1ccc(-c2ccc(Cl)cc2)cc1. The number of ether oxygens (including phenoxy) is 1.